The largest absolute Gasteiger partial charge is 0.495 e. The molecule has 0 aliphatic carbocycles. The number of anilines is 2. The summed E-state index contributed by atoms with van der Waals surface area (Å²) in [5.41, 5.74) is 2.67. The van der Waals surface area contributed by atoms with E-state index in [4.69, 9.17) is 9.15 Å². The molecular formula is C20H22N4O5S2. The Labute approximate surface area is 184 Å². The van der Waals surface area contributed by atoms with Gasteiger partial charge in [0.2, 0.25) is 21.8 Å². The average Bonchev–Trinajstić information content (AvgIpc) is 3.22. The molecule has 3 aromatic rings. The number of thioether (sulfide) groups is 1. The summed E-state index contributed by atoms with van der Waals surface area (Å²) >= 11 is 1.11. The van der Waals surface area contributed by atoms with Gasteiger partial charge in [-0.2, -0.15) is 0 Å². The Morgan fingerprint density at radius 1 is 1.16 bits per heavy atom. The predicted octanol–water partition coefficient (Wildman–Crippen LogP) is 3.55. The number of amides is 1. The molecule has 11 heteroatoms. The fourth-order valence-corrected chi connectivity index (χ4v) is 3.75. The number of nitrogens with one attached hydrogen (secondary N) is 2. The molecule has 1 amide bonds. The topological polar surface area (TPSA) is 123 Å². The molecule has 0 spiro atoms. The standard InChI is InChI=1S/C20H22N4O5S2/c1-4-31(26,27)24-15-8-6-14(7-9-15)19-22-23-20(29-19)30-12-18(25)21-16-11-13(2)5-10-17(16)28-3/h5-11,24H,4,12H2,1-3H3,(H,21,25). The maximum atomic E-state index is 12.3. The van der Waals surface area contributed by atoms with Gasteiger partial charge in [0, 0.05) is 11.3 Å². The third-order valence-electron chi connectivity index (χ3n) is 4.15. The monoisotopic (exact) mass is 462 g/mol. The van der Waals surface area contributed by atoms with Gasteiger partial charge < -0.3 is 14.5 Å². The maximum Gasteiger partial charge on any atom is 0.277 e. The second-order valence-corrected chi connectivity index (χ2v) is 9.43. The van der Waals surface area contributed by atoms with Gasteiger partial charge in [0.25, 0.3) is 5.22 Å². The molecule has 0 saturated carbocycles. The fraction of sp³-hybridized carbons (Fsp3) is 0.250. The van der Waals surface area contributed by atoms with Crippen LogP contribution in [-0.4, -0.2) is 43.1 Å². The normalized spacial score (nSPS) is 11.2. The zero-order valence-corrected chi connectivity index (χ0v) is 18.8. The highest BCUT2D eigenvalue weighted by Crippen LogP contribution is 2.27. The minimum atomic E-state index is -3.34. The number of aromatic nitrogens is 2. The Kier molecular flexibility index (Phi) is 7.18. The minimum absolute atomic E-state index is 0.0107. The lowest BCUT2D eigenvalue weighted by atomic mass is 10.2. The second kappa shape index (κ2) is 9.84. The van der Waals surface area contributed by atoms with Crippen molar-refractivity contribution >= 4 is 39.1 Å². The summed E-state index contributed by atoms with van der Waals surface area (Å²) in [6.07, 6.45) is 0. The number of rotatable bonds is 9. The van der Waals surface area contributed by atoms with E-state index >= 15 is 0 Å². The summed E-state index contributed by atoms with van der Waals surface area (Å²) in [5, 5.41) is 11.0. The van der Waals surface area contributed by atoms with E-state index in [2.05, 4.69) is 20.2 Å². The number of methoxy groups -OCH3 is 1. The van der Waals surface area contributed by atoms with Crippen molar-refractivity contribution in [3.8, 4) is 17.2 Å². The summed E-state index contributed by atoms with van der Waals surface area (Å²) in [5.74, 6) is 0.683. The first-order valence-electron chi connectivity index (χ1n) is 9.31. The Morgan fingerprint density at radius 3 is 2.58 bits per heavy atom. The molecule has 31 heavy (non-hydrogen) atoms. The van der Waals surface area contributed by atoms with Gasteiger partial charge in [-0.3, -0.25) is 9.52 Å². The summed E-state index contributed by atoms with van der Waals surface area (Å²) < 4.78 is 36.6. The molecule has 3 rings (SSSR count). The highest BCUT2D eigenvalue weighted by atomic mass is 32.2. The number of carbonyl (C=O) groups excluding carboxylic acids is 1. The Bertz CT molecular complexity index is 1160. The fourth-order valence-electron chi connectivity index (χ4n) is 2.55. The van der Waals surface area contributed by atoms with Gasteiger partial charge in [-0.05, 0) is 55.8 Å². The lowest BCUT2D eigenvalue weighted by Gasteiger charge is -2.10. The van der Waals surface area contributed by atoms with Crippen LogP contribution in [0, 0.1) is 6.92 Å². The van der Waals surface area contributed by atoms with Crippen molar-refractivity contribution in [3.05, 3.63) is 48.0 Å². The van der Waals surface area contributed by atoms with Crippen LogP contribution in [0.2, 0.25) is 0 Å². The molecule has 0 saturated heterocycles. The molecule has 9 nitrogen and oxygen atoms in total. The van der Waals surface area contributed by atoms with Crippen molar-refractivity contribution in [1.29, 1.82) is 0 Å². The highest BCUT2D eigenvalue weighted by Gasteiger charge is 2.14. The van der Waals surface area contributed by atoms with Crippen LogP contribution in [0.25, 0.3) is 11.5 Å². The molecule has 0 bridgehead atoms. The van der Waals surface area contributed by atoms with Crippen molar-refractivity contribution in [2.45, 2.75) is 19.1 Å². The van der Waals surface area contributed by atoms with Crippen molar-refractivity contribution in [3.63, 3.8) is 0 Å². The number of hydrogen-bond donors (Lipinski definition) is 2. The lowest BCUT2D eigenvalue weighted by Crippen LogP contribution is -2.14. The third kappa shape index (κ3) is 6.22. The molecule has 2 N–H and O–H groups in total. The summed E-state index contributed by atoms with van der Waals surface area (Å²) in [4.78, 5) is 12.3. The quantitative estimate of drug-likeness (QED) is 0.463. The Hall–Kier alpha value is -3.05. The minimum Gasteiger partial charge on any atom is -0.495 e. The van der Waals surface area contributed by atoms with Crippen LogP contribution in [0.4, 0.5) is 11.4 Å². The number of carbonyl (C=O) groups is 1. The average molecular weight is 463 g/mol. The molecule has 1 aromatic heterocycles. The molecule has 0 fully saturated rings. The first-order valence-corrected chi connectivity index (χ1v) is 11.9. The second-order valence-electron chi connectivity index (χ2n) is 6.50. The van der Waals surface area contributed by atoms with Crippen LogP contribution in [0.3, 0.4) is 0 Å². The van der Waals surface area contributed by atoms with E-state index in [9.17, 15) is 13.2 Å². The highest BCUT2D eigenvalue weighted by molar-refractivity contribution is 7.99. The molecule has 0 atom stereocenters. The summed E-state index contributed by atoms with van der Waals surface area (Å²) in [6.45, 7) is 3.49. The zero-order valence-electron chi connectivity index (χ0n) is 17.2. The van der Waals surface area contributed by atoms with E-state index in [-0.39, 0.29) is 28.5 Å². The third-order valence-corrected chi connectivity index (χ3v) is 6.27. The van der Waals surface area contributed by atoms with Gasteiger partial charge in [-0.15, -0.1) is 10.2 Å². The van der Waals surface area contributed by atoms with E-state index in [1.54, 1.807) is 44.4 Å². The number of ether oxygens (including phenoxy) is 1. The predicted molar refractivity (Wildman–Crippen MR) is 120 cm³/mol. The Balaban J connectivity index is 1.59. The number of nitrogens with zero attached hydrogens (tertiary/aromatic N) is 2. The van der Waals surface area contributed by atoms with Crippen molar-refractivity contribution in [1.82, 2.24) is 10.2 Å². The summed E-state index contributed by atoms with van der Waals surface area (Å²) in [7, 11) is -1.80. The number of aryl methyl sites for hydroxylation is 1. The number of hydrogen-bond acceptors (Lipinski definition) is 8. The van der Waals surface area contributed by atoms with Crippen LogP contribution < -0.4 is 14.8 Å². The smallest absolute Gasteiger partial charge is 0.277 e. The van der Waals surface area contributed by atoms with Gasteiger partial charge >= 0.3 is 0 Å². The van der Waals surface area contributed by atoms with Crippen LogP contribution in [-0.2, 0) is 14.8 Å². The molecule has 164 valence electrons. The van der Waals surface area contributed by atoms with Gasteiger partial charge in [0.1, 0.15) is 5.75 Å². The Morgan fingerprint density at radius 2 is 1.90 bits per heavy atom. The van der Waals surface area contributed by atoms with E-state index in [1.165, 1.54) is 0 Å². The molecule has 0 aliphatic rings. The summed E-state index contributed by atoms with van der Waals surface area (Å²) in [6, 6.07) is 12.1. The van der Waals surface area contributed by atoms with E-state index in [0.717, 1.165) is 17.3 Å². The van der Waals surface area contributed by atoms with Crippen molar-refractivity contribution in [2.75, 3.05) is 28.7 Å². The lowest BCUT2D eigenvalue weighted by molar-refractivity contribution is -0.113. The zero-order chi connectivity index (χ0) is 22.4. The van der Waals surface area contributed by atoms with Crippen molar-refractivity contribution < 1.29 is 22.4 Å². The van der Waals surface area contributed by atoms with Crippen LogP contribution >= 0.6 is 11.8 Å². The molecule has 0 unspecified atom stereocenters. The number of sulfonamides is 1. The van der Waals surface area contributed by atoms with E-state index in [0.29, 0.717) is 22.7 Å². The van der Waals surface area contributed by atoms with Crippen LogP contribution in [0.5, 0.6) is 5.75 Å². The first-order chi connectivity index (χ1) is 14.8. The molecule has 0 aliphatic heterocycles. The SMILES string of the molecule is CCS(=O)(=O)Nc1ccc(-c2nnc(SCC(=O)Nc3cc(C)ccc3OC)o2)cc1. The van der Waals surface area contributed by atoms with Crippen LogP contribution in [0.1, 0.15) is 12.5 Å². The van der Waals surface area contributed by atoms with Gasteiger partial charge in [-0.1, -0.05) is 17.8 Å². The van der Waals surface area contributed by atoms with Gasteiger partial charge in [0.05, 0.1) is 24.3 Å². The van der Waals surface area contributed by atoms with Crippen molar-refractivity contribution in [2.24, 2.45) is 0 Å². The van der Waals surface area contributed by atoms with Gasteiger partial charge in [0.15, 0.2) is 0 Å². The first kappa shape index (κ1) is 22.6. The number of benzene rings is 2. The molecule has 1 heterocycles. The maximum absolute atomic E-state index is 12.3. The van der Waals surface area contributed by atoms with E-state index < -0.39 is 10.0 Å². The van der Waals surface area contributed by atoms with E-state index in [1.807, 2.05) is 19.1 Å². The van der Waals surface area contributed by atoms with Gasteiger partial charge in [-0.25, -0.2) is 8.42 Å². The molecule has 0 radical (unpaired) electrons. The molecular weight excluding hydrogens is 440 g/mol. The molecule has 2 aromatic carbocycles. The van der Waals surface area contributed by atoms with Crippen LogP contribution in [0.15, 0.2) is 52.1 Å².